The summed E-state index contributed by atoms with van der Waals surface area (Å²) in [6.07, 6.45) is 0.535. The van der Waals surface area contributed by atoms with Gasteiger partial charge in [0.15, 0.2) is 0 Å². The zero-order chi connectivity index (χ0) is 30.4. The third kappa shape index (κ3) is 4.78. The molecule has 4 amide bonds. The molecule has 0 radical (unpaired) electrons. The standard InChI is InChI=1S/C33H32N4O6/c1-18(2)16-25(32(40)41)35-30(38)22-9-5-7-11-26(22)37-31(39)27-17-23-21-8-4-6-10-24(21)34-28(23)29(36(27)33(37)42)19-12-14-20(43-3)15-13-19/h4-15,18,25,27,29,34H,16-17H2,1-3H3,(H,35,38)(H,40,41)/t25-,27-,29-/m0/s1. The van der Waals surface area contributed by atoms with E-state index in [1.165, 1.54) is 6.07 Å². The molecule has 0 saturated carbocycles. The van der Waals surface area contributed by atoms with Gasteiger partial charge in [-0.1, -0.05) is 56.3 Å². The summed E-state index contributed by atoms with van der Waals surface area (Å²) in [5.74, 6) is -1.58. The summed E-state index contributed by atoms with van der Waals surface area (Å²) in [6.45, 7) is 3.73. The zero-order valence-electron chi connectivity index (χ0n) is 24.0. The number of para-hydroxylation sites is 2. The molecule has 4 aromatic rings. The Labute approximate surface area is 248 Å². The number of rotatable bonds is 8. The van der Waals surface area contributed by atoms with Crippen LogP contribution < -0.4 is 15.0 Å². The molecule has 0 bridgehead atoms. The van der Waals surface area contributed by atoms with E-state index in [4.69, 9.17) is 4.74 Å². The maximum absolute atomic E-state index is 14.3. The maximum atomic E-state index is 14.3. The van der Waals surface area contributed by atoms with Gasteiger partial charge in [-0.3, -0.25) is 14.5 Å². The molecular weight excluding hydrogens is 548 g/mol. The Kier molecular flexibility index (Phi) is 7.13. The van der Waals surface area contributed by atoms with Gasteiger partial charge in [0.2, 0.25) is 0 Å². The number of H-pyrrole nitrogens is 1. The number of ether oxygens (including phenoxy) is 1. The number of amides is 4. The molecule has 6 rings (SSSR count). The fourth-order valence-electron chi connectivity index (χ4n) is 6.22. The van der Waals surface area contributed by atoms with Gasteiger partial charge in [-0.25, -0.2) is 14.5 Å². The highest BCUT2D eigenvalue weighted by atomic mass is 16.5. The Morgan fingerprint density at radius 1 is 1.02 bits per heavy atom. The van der Waals surface area contributed by atoms with Crippen LogP contribution in [0.25, 0.3) is 10.9 Å². The monoisotopic (exact) mass is 580 g/mol. The highest BCUT2D eigenvalue weighted by molar-refractivity contribution is 6.24. The summed E-state index contributed by atoms with van der Waals surface area (Å²) in [5.41, 5.74) is 3.66. The van der Waals surface area contributed by atoms with Crippen LogP contribution in [0.2, 0.25) is 0 Å². The second-order valence-electron chi connectivity index (χ2n) is 11.3. The van der Waals surface area contributed by atoms with E-state index in [1.807, 2.05) is 62.4 Å². The number of carbonyl (C=O) groups excluding carboxylic acids is 3. The highest BCUT2D eigenvalue weighted by Crippen LogP contribution is 2.45. The zero-order valence-corrected chi connectivity index (χ0v) is 24.0. The number of aliphatic carboxylic acids is 1. The van der Waals surface area contributed by atoms with Gasteiger partial charge in [0.05, 0.1) is 18.4 Å². The number of anilines is 1. The molecule has 2 aliphatic rings. The molecule has 0 unspecified atom stereocenters. The van der Waals surface area contributed by atoms with Crippen LogP contribution in [0.5, 0.6) is 5.75 Å². The third-order valence-electron chi connectivity index (χ3n) is 8.18. The van der Waals surface area contributed by atoms with E-state index in [0.717, 1.165) is 32.6 Å². The van der Waals surface area contributed by atoms with Crippen molar-refractivity contribution in [3.63, 3.8) is 0 Å². The third-order valence-corrected chi connectivity index (χ3v) is 8.18. The molecule has 3 atom stereocenters. The first-order chi connectivity index (χ1) is 20.7. The number of aromatic nitrogens is 1. The van der Waals surface area contributed by atoms with Crippen LogP contribution in [0.4, 0.5) is 10.5 Å². The average Bonchev–Trinajstić information content (AvgIpc) is 3.49. The van der Waals surface area contributed by atoms with Crippen LogP contribution in [0.3, 0.4) is 0 Å². The Balaban J connectivity index is 1.42. The van der Waals surface area contributed by atoms with Crippen molar-refractivity contribution in [2.24, 2.45) is 5.92 Å². The topological polar surface area (TPSA) is 132 Å². The maximum Gasteiger partial charge on any atom is 0.332 e. The second kappa shape index (κ2) is 10.9. The SMILES string of the molecule is COc1ccc([C@H]2c3[nH]c4ccccc4c3C[C@H]3C(=O)N(c4ccccc4C(=O)N[C@@H](CC(C)C)C(=O)O)C(=O)N23)cc1. The molecule has 43 heavy (non-hydrogen) atoms. The molecule has 1 fully saturated rings. The number of hydrogen-bond acceptors (Lipinski definition) is 5. The first-order valence-corrected chi connectivity index (χ1v) is 14.2. The number of nitrogens with one attached hydrogen (secondary N) is 2. The van der Waals surface area contributed by atoms with Crippen molar-refractivity contribution < 1.29 is 29.0 Å². The summed E-state index contributed by atoms with van der Waals surface area (Å²) < 4.78 is 5.35. The molecule has 0 aliphatic carbocycles. The van der Waals surface area contributed by atoms with Gasteiger partial charge in [-0.05, 0) is 53.8 Å². The molecule has 3 N–H and O–H groups in total. The van der Waals surface area contributed by atoms with E-state index >= 15 is 0 Å². The first-order valence-electron chi connectivity index (χ1n) is 14.2. The van der Waals surface area contributed by atoms with Gasteiger partial charge in [0, 0.05) is 23.0 Å². The summed E-state index contributed by atoms with van der Waals surface area (Å²) in [5, 5.41) is 13.2. The molecule has 220 valence electrons. The van der Waals surface area contributed by atoms with Gasteiger partial charge < -0.3 is 20.1 Å². The molecule has 3 aromatic carbocycles. The lowest BCUT2D eigenvalue weighted by atomic mass is 9.89. The van der Waals surface area contributed by atoms with Crippen LogP contribution in [0.15, 0.2) is 72.8 Å². The lowest BCUT2D eigenvalue weighted by molar-refractivity contribution is -0.139. The molecule has 1 saturated heterocycles. The lowest BCUT2D eigenvalue weighted by Crippen LogP contribution is -2.44. The molecule has 10 nitrogen and oxygen atoms in total. The number of imide groups is 1. The minimum atomic E-state index is -1.15. The van der Waals surface area contributed by atoms with Gasteiger partial charge in [0.25, 0.3) is 11.8 Å². The van der Waals surface area contributed by atoms with Gasteiger partial charge in [0.1, 0.15) is 23.9 Å². The Hall–Kier alpha value is -5.12. The summed E-state index contributed by atoms with van der Waals surface area (Å²) >= 11 is 0. The van der Waals surface area contributed by atoms with Crippen LogP contribution in [0.1, 0.15) is 53.5 Å². The second-order valence-corrected chi connectivity index (χ2v) is 11.3. The minimum absolute atomic E-state index is 0.0254. The first kappa shape index (κ1) is 28.0. The number of hydrogen-bond donors (Lipinski definition) is 3. The Bertz CT molecular complexity index is 1740. The number of carbonyl (C=O) groups is 4. The van der Waals surface area contributed by atoms with Gasteiger partial charge in [-0.15, -0.1) is 0 Å². The number of urea groups is 1. The van der Waals surface area contributed by atoms with Gasteiger partial charge in [-0.2, -0.15) is 0 Å². The fourth-order valence-corrected chi connectivity index (χ4v) is 6.22. The predicted octanol–water partition coefficient (Wildman–Crippen LogP) is 4.89. The average molecular weight is 581 g/mol. The number of nitrogens with zero attached hydrogens (tertiary/aromatic N) is 2. The van der Waals surface area contributed by atoms with Crippen LogP contribution in [-0.2, 0) is 16.0 Å². The summed E-state index contributed by atoms with van der Waals surface area (Å²) in [6, 6.07) is 18.4. The van der Waals surface area contributed by atoms with Crippen LogP contribution >= 0.6 is 0 Å². The largest absolute Gasteiger partial charge is 0.497 e. The highest BCUT2D eigenvalue weighted by Gasteiger charge is 2.53. The van der Waals surface area contributed by atoms with Crippen molar-refractivity contribution in [2.75, 3.05) is 12.0 Å². The van der Waals surface area contributed by atoms with Crippen molar-refractivity contribution in [3.05, 3.63) is 95.2 Å². The van der Waals surface area contributed by atoms with Crippen molar-refractivity contribution in [2.45, 2.75) is 44.8 Å². The van der Waals surface area contributed by atoms with Crippen LogP contribution in [-0.4, -0.2) is 58.0 Å². The molecular formula is C33H32N4O6. The lowest BCUT2D eigenvalue weighted by Gasteiger charge is -2.36. The molecule has 1 aromatic heterocycles. The smallest absolute Gasteiger partial charge is 0.332 e. The number of carboxylic acids is 1. The van der Waals surface area contributed by atoms with E-state index in [1.54, 1.807) is 30.2 Å². The van der Waals surface area contributed by atoms with E-state index < -0.39 is 41.9 Å². The van der Waals surface area contributed by atoms with Crippen molar-refractivity contribution in [1.29, 1.82) is 0 Å². The number of aromatic amines is 1. The van der Waals surface area contributed by atoms with E-state index in [9.17, 15) is 24.3 Å². The Morgan fingerprint density at radius 2 is 1.72 bits per heavy atom. The molecule has 0 spiro atoms. The van der Waals surface area contributed by atoms with E-state index in [2.05, 4.69) is 10.3 Å². The minimum Gasteiger partial charge on any atom is -0.497 e. The molecule has 3 heterocycles. The number of fused-ring (bicyclic) bond motifs is 4. The van der Waals surface area contributed by atoms with E-state index in [0.29, 0.717) is 12.2 Å². The predicted molar refractivity (Wildman–Crippen MR) is 160 cm³/mol. The summed E-state index contributed by atoms with van der Waals surface area (Å²) in [4.78, 5) is 59.9. The van der Waals surface area contributed by atoms with Crippen molar-refractivity contribution in [3.8, 4) is 5.75 Å². The number of benzene rings is 3. The fraction of sp³-hybridized carbons (Fsp3) is 0.273. The van der Waals surface area contributed by atoms with Crippen molar-refractivity contribution >= 4 is 40.4 Å². The summed E-state index contributed by atoms with van der Waals surface area (Å²) in [7, 11) is 1.58. The van der Waals surface area contributed by atoms with Crippen LogP contribution in [0, 0.1) is 5.92 Å². The Morgan fingerprint density at radius 3 is 2.42 bits per heavy atom. The van der Waals surface area contributed by atoms with E-state index in [-0.39, 0.29) is 23.6 Å². The quantitative estimate of drug-likeness (QED) is 0.254. The number of carboxylic acid groups (broad SMARTS) is 1. The normalized spacial score (nSPS) is 18.5. The molecule has 2 aliphatic heterocycles. The number of methoxy groups -OCH3 is 1. The van der Waals surface area contributed by atoms with Crippen molar-refractivity contribution in [1.82, 2.24) is 15.2 Å². The molecule has 10 heteroatoms. The van der Waals surface area contributed by atoms with Gasteiger partial charge >= 0.3 is 12.0 Å².